The van der Waals surface area contributed by atoms with Gasteiger partial charge in [0.2, 0.25) is 0 Å². The fourth-order valence-corrected chi connectivity index (χ4v) is 2.00. The number of carbonyl (C=O) groups is 1. The Morgan fingerprint density at radius 1 is 1.26 bits per heavy atom. The first kappa shape index (κ1) is 16.4. The number of nitriles is 1. The number of anilines is 2. The summed E-state index contributed by atoms with van der Waals surface area (Å²) in [5.74, 6) is -0.520. The molecule has 0 aromatic heterocycles. The SMILES string of the molecule is N#C/C(=C/NCc1ccccc1)C(=O)Nc1ccc(N)c(Cl)c1. The Labute approximate surface area is 139 Å². The molecule has 5 nitrogen and oxygen atoms in total. The van der Waals surface area contributed by atoms with Crippen molar-refractivity contribution in [3.05, 3.63) is 70.9 Å². The lowest BCUT2D eigenvalue weighted by Gasteiger charge is -2.07. The van der Waals surface area contributed by atoms with Gasteiger partial charge in [0.25, 0.3) is 5.91 Å². The van der Waals surface area contributed by atoms with Crippen LogP contribution in [0.4, 0.5) is 11.4 Å². The zero-order valence-corrected chi connectivity index (χ0v) is 13.0. The number of nitrogen functional groups attached to an aromatic ring is 1. The summed E-state index contributed by atoms with van der Waals surface area (Å²) in [6.07, 6.45) is 1.39. The largest absolute Gasteiger partial charge is 0.398 e. The van der Waals surface area contributed by atoms with Gasteiger partial charge in [0.15, 0.2) is 0 Å². The predicted octanol–water partition coefficient (Wildman–Crippen LogP) is 3.06. The smallest absolute Gasteiger partial charge is 0.267 e. The second kappa shape index (κ2) is 7.87. The van der Waals surface area contributed by atoms with Gasteiger partial charge in [0.1, 0.15) is 11.6 Å². The normalized spacial score (nSPS) is 10.7. The zero-order valence-electron chi connectivity index (χ0n) is 12.2. The predicted molar refractivity (Wildman–Crippen MR) is 91.5 cm³/mol. The third-order valence-electron chi connectivity index (χ3n) is 3.02. The van der Waals surface area contributed by atoms with Crippen LogP contribution in [0.1, 0.15) is 5.56 Å². The van der Waals surface area contributed by atoms with Crippen molar-refractivity contribution in [3.8, 4) is 6.07 Å². The van der Waals surface area contributed by atoms with Gasteiger partial charge in [-0.15, -0.1) is 0 Å². The highest BCUT2D eigenvalue weighted by molar-refractivity contribution is 6.33. The number of nitrogens with one attached hydrogen (secondary N) is 2. The molecule has 0 unspecified atom stereocenters. The fraction of sp³-hybridized carbons (Fsp3) is 0.0588. The maximum Gasteiger partial charge on any atom is 0.267 e. The fourth-order valence-electron chi connectivity index (χ4n) is 1.82. The van der Waals surface area contributed by atoms with E-state index in [1.54, 1.807) is 12.1 Å². The van der Waals surface area contributed by atoms with Gasteiger partial charge in [0, 0.05) is 18.4 Å². The van der Waals surface area contributed by atoms with E-state index < -0.39 is 5.91 Å². The van der Waals surface area contributed by atoms with Crippen molar-refractivity contribution in [1.82, 2.24) is 5.32 Å². The van der Waals surface area contributed by atoms with Gasteiger partial charge in [-0.05, 0) is 23.8 Å². The molecule has 1 amide bonds. The number of hydrogen-bond acceptors (Lipinski definition) is 4. The Balaban J connectivity index is 1.99. The highest BCUT2D eigenvalue weighted by atomic mass is 35.5. The van der Waals surface area contributed by atoms with E-state index in [2.05, 4.69) is 10.6 Å². The van der Waals surface area contributed by atoms with Crippen LogP contribution in [0.2, 0.25) is 5.02 Å². The van der Waals surface area contributed by atoms with Crippen LogP contribution < -0.4 is 16.4 Å². The van der Waals surface area contributed by atoms with Gasteiger partial charge in [-0.25, -0.2) is 0 Å². The van der Waals surface area contributed by atoms with Crippen molar-refractivity contribution in [2.24, 2.45) is 0 Å². The molecule has 0 saturated heterocycles. The van der Waals surface area contributed by atoms with Crippen LogP contribution in [0.25, 0.3) is 0 Å². The zero-order chi connectivity index (χ0) is 16.7. The molecule has 6 heteroatoms. The lowest BCUT2D eigenvalue weighted by Crippen LogP contribution is -2.16. The van der Waals surface area contributed by atoms with Gasteiger partial charge in [-0.1, -0.05) is 41.9 Å². The molecule has 0 saturated carbocycles. The Bertz CT molecular complexity index is 766. The number of hydrogen-bond donors (Lipinski definition) is 3. The molecule has 0 spiro atoms. The van der Waals surface area contributed by atoms with Crippen LogP contribution in [-0.2, 0) is 11.3 Å². The van der Waals surface area contributed by atoms with Gasteiger partial charge < -0.3 is 16.4 Å². The van der Waals surface area contributed by atoms with Crippen molar-refractivity contribution in [1.29, 1.82) is 5.26 Å². The summed E-state index contributed by atoms with van der Waals surface area (Å²) in [5.41, 5.74) is 7.51. The van der Waals surface area contributed by atoms with E-state index in [0.29, 0.717) is 22.9 Å². The first-order valence-corrected chi connectivity index (χ1v) is 7.22. The summed E-state index contributed by atoms with van der Waals surface area (Å²) in [6, 6.07) is 16.3. The highest BCUT2D eigenvalue weighted by Crippen LogP contribution is 2.22. The lowest BCUT2D eigenvalue weighted by molar-refractivity contribution is -0.112. The standard InChI is InChI=1S/C17H15ClN4O/c18-15-8-14(6-7-16(15)20)22-17(23)13(9-19)11-21-10-12-4-2-1-3-5-12/h1-8,11,21H,10,20H2,(H,22,23)/b13-11-. The monoisotopic (exact) mass is 326 g/mol. The van der Waals surface area contributed by atoms with Crippen LogP contribution in [0.15, 0.2) is 60.3 Å². The van der Waals surface area contributed by atoms with Gasteiger partial charge in [-0.3, -0.25) is 4.79 Å². The number of carbonyl (C=O) groups excluding carboxylic acids is 1. The molecule has 0 aliphatic rings. The first-order valence-electron chi connectivity index (χ1n) is 6.84. The number of nitrogens with zero attached hydrogens (tertiary/aromatic N) is 1. The minimum absolute atomic E-state index is 0.0334. The molecule has 0 aliphatic carbocycles. The van der Waals surface area contributed by atoms with E-state index >= 15 is 0 Å². The summed E-state index contributed by atoms with van der Waals surface area (Å²) < 4.78 is 0. The van der Waals surface area contributed by atoms with E-state index in [1.807, 2.05) is 36.4 Å². The Morgan fingerprint density at radius 2 is 2.00 bits per heavy atom. The minimum atomic E-state index is -0.520. The summed E-state index contributed by atoms with van der Waals surface area (Å²) >= 11 is 5.89. The highest BCUT2D eigenvalue weighted by Gasteiger charge is 2.09. The average molecular weight is 327 g/mol. The summed E-state index contributed by atoms with van der Waals surface area (Å²) in [5, 5.41) is 15.0. The van der Waals surface area contributed by atoms with E-state index in [0.717, 1.165) is 5.56 Å². The average Bonchev–Trinajstić information content (AvgIpc) is 2.56. The lowest BCUT2D eigenvalue weighted by atomic mass is 10.2. The minimum Gasteiger partial charge on any atom is -0.398 e. The molecule has 4 N–H and O–H groups in total. The van der Waals surface area contributed by atoms with Crippen molar-refractivity contribution >= 4 is 28.9 Å². The quantitative estimate of drug-likeness (QED) is 0.447. The second-order valence-corrected chi connectivity index (χ2v) is 5.13. The third-order valence-corrected chi connectivity index (χ3v) is 3.35. The van der Waals surface area contributed by atoms with Crippen molar-refractivity contribution < 1.29 is 4.79 Å². The molecule has 0 radical (unpaired) electrons. The number of nitrogens with two attached hydrogens (primary N) is 1. The van der Waals surface area contributed by atoms with Crippen molar-refractivity contribution in [2.45, 2.75) is 6.54 Å². The van der Waals surface area contributed by atoms with Crippen LogP contribution >= 0.6 is 11.6 Å². The Morgan fingerprint density at radius 3 is 2.65 bits per heavy atom. The van der Waals surface area contributed by atoms with Crippen molar-refractivity contribution in [2.75, 3.05) is 11.1 Å². The van der Waals surface area contributed by atoms with Gasteiger partial charge in [0.05, 0.1) is 10.7 Å². The summed E-state index contributed by atoms with van der Waals surface area (Å²) in [7, 11) is 0. The molecule has 2 aromatic rings. The number of halogens is 1. The van der Waals surface area contributed by atoms with Crippen LogP contribution in [0.5, 0.6) is 0 Å². The molecule has 23 heavy (non-hydrogen) atoms. The van der Waals surface area contributed by atoms with Crippen LogP contribution in [0.3, 0.4) is 0 Å². The molecule has 0 fully saturated rings. The first-order chi connectivity index (χ1) is 11.1. The number of benzene rings is 2. The van der Waals surface area contributed by atoms with E-state index in [1.165, 1.54) is 12.3 Å². The Kier molecular flexibility index (Phi) is 5.61. The van der Waals surface area contributed by atoms with Crippen molar-refractivity contribution in [3.63, 3.8) is 0 Å². The maximum absolute atomic E-state index is 12.1. The van der Waals surface area contributed by atoms with E-state index in [-0.39, 0.29) is 5.57 Å². The molecule has 116 valence electrons. The molecule has 0 aliphatic heterocycles. The number of amides is 1. The van der Waals surface area contributed by atoms with E-state index in [9.17, 15) is 4.79 Å². The summed E-state index contributed by atoms with van der Waals surface area (Å²) in [4.78, 5) is 12.1. The molecule has 0 heterocycles. The van der Waals surface area contributed by atoms with Crippen LogP contribution in [0, 0.1) is 11.3 Å². The van der Waals surface area contributed by atoms with Crippen LogP contribution in [-0.4, -0.2) is 5.91 Å². The molecule has 0 atom stereocenters. The molecular weight excluding hydrogens is 312 g/mol. The third kappa shape index (κ3) is 4.77. The number of rotatable bonds is 5. The Hall–Kier alpha value is -2.97. The van der Waals surface area contributed by atoms with Gasteiger partial charge in [-0.2, -0.15) is 5.26 Å². The molecule has 0 bridgehead atoms. The second-order valence-electron chi connectivity index (χ2n) is 4.73. The summed E-state index contributed by atoms with van der Waals surface area (Å²) in [6.45, 7) is 0.521. The molecule has 2 aromatic carbocycles. The molecule has 2 rings (SSSR count). The van der Waals surface area contributed by atoms with Gasteiger partial charge >= 0.3 is 0 Å². The molecular formula is C17H15ClN4O. The topological polar surface area (TPSA) is 90.9 Å². The maximum atomic E-state index is 12.1. The van der Waals surface area contributed by atoms with E-state index in [4.69, 9.17) is 22.6 Å².